The summed E-state index contributed by atoms with van der Waals surface area (Å²) in [4.78, 5) is 18.8. The number of fused-ring (bicyclic) bond motifs is 1. The van der Waals surface area contributed by atoms with Gasteiger partial charge in [-0.15, -0.1) is 0 Å². The van der Waals surface area contributed by atoms with Crippen LogP contribution in [0, 0.1) is 5.41 Å². The number of hydrogen-bond acceptors (Lipinski definition) is 8. The normalized spacial score (nSPS) is 23.9. The molecule has 0 bridgehead atoms. The zero-order valence-corrected chi connectivity index (χ0v) is 25.0. The van der Waals surface area contributed by atoms with Crippen LogP contribution < -0.4 is 9.64 Å². The minimum Gasteiger partial charge on any atom is -0.494 e. The van der Waals surface area contributed by atoms with Crippen molar-refractivity contribution in [2.45, 2.75) is 63.7 Å². The molecule has 0 radical (unpaired) electrons. The lowest BCUT2D eigenvalue weighted by molar-refractivity contribution is -0.0805. The second-order valence-corrected chi connectivity index (χ2v) is 13.4. The monoisotopic (exact) mass is 613 g/mol. The second kappa shape index (κ2) is 10.2. The van der Waals surface area contributed by atoms with E-state index >= 15 is 0 Å². The minimum atomic E-state index is -0.980. The molecule has 2 aromatic heterocycles. The number of ether oxygens (including phenoxy) is 2. The number of carboxylic acid groups (broad SMARTS) is 1. The number of benzene rings is 2. The number of halogens is 2. The highest BCUT2D eigenvalue weighted by Gasteiger charge is 2.52. The van der Waals surface area contributed by atoms with Gasteiger partial charge in [0.15, 0.2) is 5.13 Å². The van der Waals surface area contributed by atoms with Crippen molar-refractivity contribution < 1.29 is 23.9 Å². The van der Waals surface area contributed by atoms with E-state index in [4.69, 9.17) is 42.2 Å². The Morgan fingerprint density at radius 2 is 1.98 bits per heavy atom. The first-order chi connectivity index (χ1) is 19.7. The van der Waals surface area contributed by atoms with Gasteiger partial charge in [0.25, 0.3) is 0 Å². The van der Waals surface area contributed by atoms with Gasteiger partial charge in [0.05, 0.1) is 40.1 Å². The summed E-state index contributed by atoms with van der Waals surface area (Å²) in [6.45, 7) is 3.53. The van der Waals surface area contributed by atoms with Crippen molar-refractivity contribution in [1.82, 2.24) is 10.1 Å². The average molecular weight is 615 g/mol. The van der Waals surface area contributed by atoms with Crippen LogP contribution in [0.5, 0.6) is 5.75 Å². The van der Waals surface area contributed by atoms with Gasteiger partial charge in [-0.25, -0.2) is 9.78 Å². The van der Waals surface area contributed by atoms with Crippen LogP contribution in [0.2, 0.25) is 10.0 Å². The summed E-state index contributed by atoms with van der Waals surface area (Å²) in [7, 11) is 1.54. The molecule has 0 amide bonds. The van der Waals surface area contributed by atoms with Gasteiger partial charge in [0, 0.05) is 29.6 Å². The summed E-state index contributed by atoms with van der Waals surface area (Å²) in [6, 6.07) is 8.98. The molecule has 11 heteroatoms. The first-order valence-electron chi connectivity index (χ1n) is 13.8. The molecule has 3 aliphatic rings. The second-order valence-electron chi connectivity index (χ2n) is 11.6. The average Bonchev–Trinajstić information content (AvgIpc) is 3.38. The summed E-state index contributed by atoms with van der Waals surface area (Å²) in [5.74, 6) is 0.777. The number of thiazole rings is 1. The Bertz CT molecular complexity index is 1640. The van der Waals surface area contributed by atoms with Gasteiger partial charge < -0.3 is 24.0 Å². The first-order valence-corrected chi connectivity index (χ1v) is 15.4. The third-order valence-electron chi connectivity index (χ3n) is 8.68. The van der Waals surface area contributed by atoms with Gasteiger partial charge in [-0.2, -0.15) is 0 Å². The van der Waals surface area contributed by atoms with E-state index in [0.717, 1.165) is 59.8 Å². The fourth-order valence-corrected chi connectivity index (χ4v) is 8.23. The highest BCUT2D eigenvalue weighted by molar-refractivity contribution is 7.22. The maximum absolute atomic E-state index is 11.6. The van der Waals surface area contributed by atoms with Gasteiger partial charge in [0.2, 0.25) is 0 Å². The lowest BCUT2D eigenvalue weighted by Gasteiger charge is -2.44. The maximum atomic E-state index is 11.6. The van der Waals surface area contributed by atoms with Gasteiger partial charge in [-0.05, 0) is 68.7 Å². The molecule has 214 valence electrons. The molecular formula is C30H29Cl2N3O5S. The molecule has 8 nitrogen and oxygen atoms in total. The van der Waals surface area contributed by atoms with Crippen LogP contribution in [0.25, 0.3) is 21.5 Å². The Kier molecular flexibility index (Phi) is 6.69. The maximum Gasteiger partial charge on any atom is 0.335 e. The third-order valence-corrected chi connectivity index (χ3v) is 10.3. The molecule has 1 atom stereocenters. The number of anilines is 1. The van der Waals surface area contributed by atoms with Crippen molar-refractivity contribution in [2.75, 3.05) is 18.6 Å². The van der Waals surface area contributed by atoms with Gasteiger partial charge >= 0.3 is 5.97 Å². The van der Waals surface area contributed by atoms with Gasteiger partial charge in [0.1, 0.15) is 22.7 Å². The molecule has 7 rings (SSSR count). The summed E-state index contributed by atoms with van der Waals surface area (Å²) >= 11 is 14.6. The molecule has 0 unspecified atom stereocenters. The molecule has 1 N–H and O–H groups in total. The fraction of sp³-hybridized carbons (Fsp3) is 0.433. The van der Waals surface area contributed by atoms with Crippen molar-refractivity contribution in [3.8, 4) is 17.0 Å². The molecule has 2 saturated carbocycles. The lowest BCUT2D eigenvalue weighted by Crippen LogP contribution is -2.44. The fourth-order valence-electron chi connectivity index (χ4n) is 6.53. The number of hydrogen-bond donors (Lipinski definition) is 1. The molecule has 41 heavy (non-hydrogen) atoms. The molecule has 4 aromatic rings. The summed E-state index contributed by atoms with van der Waals surface area (Å²) in [5, 5.41) is 15.9. The predicted octanol–water partition coefficient (Wildman–Crippen LogP) is 7.81. The van der Waals surface area contributed by atoms with Crippen LogP contribution in [0.3, 0.4) is 0 Å². The van der Waals surface area contributed by atoms with Crippen LogP contribution >= 0.6 is 34.5 Å². The Balaban J connectivity index is 1.06. The van der Waals surface area contributed by atoms with Crippen molar-refractivity contribution in [3.05, 3.63) is 57.3 Å². The van der Waals surface area contributed by atoms with Crippen molar-refractivity contribution in [2.24, 2.45) is 5.41 Å². The van der Waals surface area contributed by atoms with E-state index in [9.17, 15) is 9.90 Å². The molecule has 3 heterocycles. The minimum absolute atomic E-state index is 0.146. The number of nitrogens with zero attached hydrogens (tertiary/aromatic N) is 3. The molecule has 1 spiro atoms. The number of carboxylic acids is 1. The zero-order chi connectivity index (χ0) is 28.5. The van der Waals surface area contributed by atoms with Crippen LogP contribution in [-0.2, 0) is 11.3 Å². The van der Waals surface area contributed by atoms with Crippen LogP contribution in [0.4, 0.5) is 5.13 Å². The van der Waals surface area contributed by atoms with Gasteiger partial charge in [-0.3, -0.25) is 0 Å². The molecule has 1 saturated heterocycles. The summed E-state index contributed by atoms with van der Waals surface area (Å²) < 4.78 is 18.5. The highest BCUT2D eigenvalue weighted by Crippen LogP contribution is 2.54. The Hall–Kier alpha value is -2.85. The van der Waals surface area contributed by atoms with E-state index in [1.54, 1.807) is 13.2 Å². The van der Waals surface area contributed by atoms with E-state index in [1.807, 2.05) is 18.2 Å². The van der Waals surface area contributed by atoms with E-state index in [-0.39, 0.29) is 17.1 Å². The van der Waals surface area contributed by atoms with E-state index < -0.39 is 5.97 Å². The van der Waals surface area contributed by atoms with Crippen molar-refractivity contribution in [3.63, 3.8) is 0 Å². The number of rotatable bonds is 8. The Labute approximate surface area is 251 Å². The van der Waals surface area contributed by atoms with Crippen LogP contribution in [0.15, 0.2) is 34.9 Å². The molecule has 3 fully saturated rings. The quantitative estimate of drug-likeness (QED) is 0.215. The van der Waals surface area contributed by atoms with Crippen molar-refractivity contribution in [1.29, 1.82) is 0 Å². The van der Waals surface area contributed by atoms with E-state index in [1.165, 1.54) is 17.4 Å². The van der Waals surface area contributed by atoms with Crippen molar-refractivity contribution >= 4 is 55.9 Å². The molecule has 2 aromatic carbocycles. The molecule has 2 aliphatic carbocycles. The van der Waals surface area contributed by atoms with Gasteiger partial charge in [-0.1, -0.05) is 45.8 Å². The number of aromatic carboxylic acids is 1. The van der Waals surface area contributed by atoms with Crippen LogP contribution in [0.1, 0.15) is 66.6 Å². The largest absolute Gasteiger partial charge is 0.494 e. The van der Waals surface area contributed by atoms with E-state index in [0.29, 0.717) is 51.1 Å². The summed E-state index contributed by atoms with van der Waals surface area (Å²) in [6.07, 6.45) is 5.32. The topological polar surface area (TPSA) is 97.9 Å². The third kappa shape index (κ3) is 4.76. The van der Waals surface area contributed by atoms with Crippen LogP contribution in [-0.4, -0.2) is 47.0 Å². The Morgan fingerprint density at radius 3 is 2.66 bits per heavy atom. The zero-order valence-electron chi connectivity index (χ0n) is 22.7. The first kappa shape index (κ1) is 27.0. The predicted molar refractivity (Wildman–Crippen MR) is 159 cm³/mol. The number of aromatic nitrogens is 2. The standard InChI is InChI=1S/C30H29Cl2N3O5S/c1-15-10-30(14-35(15)29-33-26-22(38-2)8-17(28(36)37)9-23(26)41-29)11-18(12-30)39-13-19-25(34-40-27(19)16-6-7-16)24-20(31)4-3-5-21(24)32/h3-5,8-9,15-16,18H,6-7,10-14H2,1-2H3,(H,36,37)/t15-,18?,30?/m1/s1. The smallest absolute Gasteiger partial charge is 0.335 e. The van der Waals surface area contributed by atoms with E-state index in [2.05, 4.69) is 17.0 Å². The molecular weight excluding hydrogens is 585 g/mol. The SMILES string of the molecule is COc1cc(C(=O)O)cc2sc(N3CC4(CC(OCc5c(-c6c(Cl)cccc6Cl)noc5C5CC5)C4)C[C@H]3C)nc12. The number of carbonyl (C=O) groups is 1. The summed E-state index contributed by atoms with van der Waals surface area (Å²) in [5.41, 5.74) is 3.39. The molecule has 1 aliphatic heterocycles. The lowest BCUT2D eigenvalue weighted by atomic mass is 9.65. The number of methoxy groups -OCH3 is 1. The Morgan fingerprint density at radius 1 is 1.22 bits per heavy atom. The highest BCUT2D eigenvalue weighted by atomic mass is 35.5.